The van der Waals surface area contributed by atoms with Crippen molar-refractivity contribution in [3.8, 4) is 0 Å². The van der Waals surface area contributed by atoms with Crippen LogP contribution in [0, 0.1) is 5.82 Å². The number of benzene rings is 1. The van der Waals surface area contributed by atoms with Crippen LogP contribution in [0.15, 0.2) is 36.8 Å². The van der Waals surface area contributed by atoms with Crippen molar-refractivity contribution in [2.75, 3.05) is 13.1 Å². The van der Waals surface area contributed by atoms with Gasteiger partial charge >= 0.3 is 0 Å². The number of hydrogen-bond acceptors (Lipinski definition) is 2. The van der Waals surface area contributed by atoms with Crippen molar-refractivity contribution in [3.05, 3.63) is 53.9 Å². The molecule has 0 amide bonds. The molecule has 1 aromatic carbocycles. The van der Waals surface area contributed by atoms with Crippen LogP contribution >= 0.6 is 0 Å². The van der Waals surface area contributed by atoms with Gasteiger partial charge in [-0.2, -0.15) is 0 Å². The molecular weight excluding hydrogens is 241 g/mol. The van der Waals surface area contributed by atoms with E-state index in [-0.39, 0.29) is 5.82 Å². The van der Waals surface area contributed by atoms with Crippen LogP contribution in [0.3, 0.4) is 0 Å². The molecular formula is C15H18FN3. The third-order valence-electron chi connectivity index (χ3n) is 3.74. The fraction of sp³-hybridized carbons (Fsp3) is 0.400. The molecule has 100 valence electrons. The Kier molecular flexibility index (Phi) is 3.60. The molecule has 1 N–H and O–H groups in total. The molecule has 1 aliphatic heterocycles. The molecule has 19 heavy (non-hydrogen) atoms. The zero-order chi connectivity index (χ0) is 13.1. The second-order valence-electron chi connectivity index (χ2n) is 5.10. The number of nitrogens with one attached hydrogen (secondary N) is 1. The molecule has 1 aliphatic rings. The van der Waals surface area contributed by atoms with Gasteiger partial charge in [0.25, 0.3) is 0 Å². The number of piperidine rings is 1. The van der Waals surface area contributed by atoms with Crippen molar-refractivity contribution in [2.24, 2.45) is 0 Å². The highest BCUT2D eigenvalue weighted by molar-refractivity contribution is 5.18. The Balaban J connectivity index is 1.80. The number of halogens is 1. The van der Waals surface area contributed by atoms with Crippen molar-refractivity contribution in [2.45, 2.75) is 25.3 Å². The first-order valence-corrected chi connectivity index (χ1v) is 6.78. The van der Waals surface area contributed by atoms with Gasteiger partial charge in [0.15, 0.2) is 0 Å². The highest BCUT2D eigenvalue weighted by atomic mass is 19.1. The van der Waals surface area contributed by atoms with Gasteiger partial charge in [0.2, 0.25) is 0 Å². The number of rotatable bonds is 3. The minimum absolute atomic E-state index is 0.180. The van der Waals surface area contributed by atoms with Crippen LogP contribution in [-0.2, 0) is 6.54 Å². The first-order chi connectivity index (χ1) is 9.33. The lowest BCUT2D eigenvalue weighted by Crippen LogP contribution is -2.27. The van der Waals surface area contributed by atoms with Crippen LogP contribution in [0.2, 0.25) is 0 Å². The molecule has 0 bridgehead atoms. The predicted octanol–water partition coefficient (Wildman–Crippen LogP) is 2.54. The van der Waals surface area contributed by atoms with Crippen LogP contribution in [0.25, 0.3) is 0 Å². The Morgan fingerprint density at radius 1 is 1.32 bits per heavy atom. The standard InChI is InChI=1S/C15H18FN3/c16-14-3-1-2-12(8-14)10-19-11-18-9-15(19)13-4-6-17-7-5-13/h1-3,8-9,11,13,17H,4-7,10H2. The molecule has 0 aliphatic carbocycles. The average Bonchev–Trinajstić information content (AvgIpc) is 2.88. The topological polar surface area (TPSA) is 29.9 Å². The van der Waals surface area contributed by atoms with E-state index in [0.717, 1.165) is 31.5 Å². The van der Waals surface area contributed by atoms with E-state index < -0.39 is 0 Å². The van der Waals surface area contributed by atoms with Crippen molar-refractivity contribution < 1.29 is 4.39 Å². The summed E-state index contributed by atoms with van der Waals surface area (Å²) < 4.78 is 15.4. The molecule has 0 unspecified atom stereocenters. The van der Waals surface area contributed by atoms with Gasteiger partial charge in [-0.1, -0.05) is 12.1 Å². The Morgan fingerprint density at radius 3 is 2.95 bits per heavy atom. The second kappa shape index (κ2) is 5.53. The number of imidazole rings is 1. The summed E-state index contributed by atoms with van der Waals surface area (Å²) in [6.45, 7) is 2.82. The van der Waals surface area contributed by atoms with E-state index in [1.54, 1.807) is 12.1 Å². The summed E-state index contributed by atoms with van der Waals surface area (Å²) in [5, 5.41) is 3.37. The fourth-order valence-corrected chi connectivity index (χ4v) is 2.75. The van der Waals surface area contributed by atoms with Gasteiger partial charge in [-0.3, -0.25) is 0 Å². The van der Waals surface area contributed by atoms with E-state index in [1.165, 1.54) is 11.8 Å². The SMILES string of the molecule is Fc1cccc(Cn2cncc2C2CCNCC2)c1. The summed E-state index contributed by atoms with van der Waals surface area (Å²) in [7, 11) is 0. The first-order valence-electron chi connectivity index (χ1n) is 6.78. The van der Waals surface area contributed by atoms with E-state index in [9.17, 15) is 4.39 Å². The monoisotopic (exact) mass is 259 g/mol. The van der Waals surface area contributed by atoms with Crippen LogP contribution < -0.4 is 5.32 Å². The van der Waals surface area contributed by atoms with Crippen LogP contribution in [0.5, 0.6) is 0 Å². The van der Waals surface area contributed by atoms with Gasteiger partial charge in [-0.15, -0.1) is 0 Å². The van der Waals surface area contributed by atoms with Crippen molar-refractivity contribution in [1.82, 2.24) is 14.9 Å². The third kappa shape index (κ3) is 2.84. The van der Waals surface area contributed by atoms with Gasteiger partial charge in [-0.25, -0.2) is 9.37 Å². The highest BCUT2D eigenvalue weighted by Crippen LogP contribution is 2.25. The lowest BCUT2D eigenvalue weighted by Gasteiger charge is -2.23. The molecule has 2 aromatic rings. The summed E-state index contributed by atoms with van der Waals surface area (Å²) in [6.07, 6.45) is 6.10. The maximum Gasteiger partial charge on any atom is 0.123 e. The molecule has 1 fully saturated rings. The third-order valence-corrected chi connectivity index (χ3v) is 3.74. The summed E-state index contributed by atoms with van der Waals surface area (Å²) in [4.78, 5) is 4.26. The van der Waals surface area contributed by atoms with Gasteiger partial charge in [-0.05, 0) is 43.6 Å². The quantitative estimate of drug-likeness (QED) is 0.918. The molecule has 0 radical (unpaired) electrons. The Hall–Kier alpha value is -1.68. The molecule has 0 spiro atoms. The highest BCUT2D eigenvalue weighted by Gasteiger charge is 2.18. The van der Waals surface area contributed by atoms with E-state index in [1.807, 2.05) is 18.6 Å². The summed E-state index contributed by atoms with van der Waals surface area (Å²) in [5.41, 5.74) is 2.25. The molecule has 0 saturated carbocycles. The van der Waals surface area contributed by atoms with Gasteiger partial charge < -0.3 is 9.88 Å². The molecule has 4 heteroatoms. The lowest BCUT2D eigenvalue weighted by atomic mass is 9.95. The largest absolute Gasteiger partial charge is 0.330 e. The second-order valence-corrected chi connectivity index (χ2v) is 5.10. The number of hydrogen-bond donors (Lipinski definition) is 1. The van der Waals surface area contributed by atoms with Gasteiger partial charge in [0.05, 0.1) is 6.33 Å². The smallest absolute Gasteiger partial charge is 0.123 e. The van der Waals surface area contributed by atoms with Crippen LogP contribution in [0.1, 0.15) is 30.0 Å². The summed E-state index contributed by atoms with van der Waals surface area (Å²) in [5.74, 6) is 0.387. The molecule has 2 heterocycles. The first kappa shape index (κ1) is 12.4. The van der Waals surface area contributed by atoms with E-state index in [0.29, 0.717) is 12.5 Å². The Morgan fingerprint density at radius 2 is 2.16 bits per heavy atom. The van der Waals surface area contributed by atoms with Crippen LogP contribution in [0.4, 0.5) is 4.39 Å². The Labute approximate surface area is 112 Å². The summed E-state index contributed by atoms with van der Waals surface area (Å²) in [6, 6.07) is 6.78. The molecule has 1 aromatic heterocycles. The zero-order valence-corrected chi connectivity index (χ0v) is 10.8. The lowest BCUT2D eigenvalue weighted by molar-refractivity contribution is 0.442. The average molecular weight is 259 g/mol. The van der Waals surface area contributed by atoms with Crippen LogP contribution in [-0.4, -0.2) is 22.6 Å². The van der Waals surface area contributed by atoms with Crippen molar-refractivity contribution in [3.63, 3.8) is 0 Å². The number of nitrogens with zero attached hydrogens (tertiary/aromatic N) is 2. The molecule has 3 nitrogen and oxygen atoms in total. The predicted molar refractivity (Wildman–Crippen MR) is 72.6 cm³/mol. The maximum absolute atomic E-state index is 13.2. The van der Waals surface area contributed by atoms with Crippen molar-refractivity contribution >= 4 is 0 Å². The molecule has 3 rings (SSSR count). The summed E-state index contributed by atoms with van der Waals surface area (Å²) >= 11 is 0. The zero-order valence-electron chi connectivity index (χ0n) is 10.8. The molecule has 0 atom stereocenters. The maximum atomic E-state index is 13.2. The van der Waals surface area contributed by atoms with E-state index in [4.69, 9.17) is 0 Å². The van der Waals surface area contributed by atoms with Gasteiger partial charge in [0.1, 0.15) is 5.82 Å². The Bertz CT molecular complexity index is 544. The molecule has 1 saturated heterocycles. The number of aromatic nitrogens is 2. The fourth-order valence-electron chi connectivity index (χ4n) is 2.75. The van der Waals surface area contributed by atoms with E-state index >= 15 is 0 Å². The minimum Gasteiger partial charge on any atom is -0.330 e. The minimum atomic E-state index is -0.180. The van der Waals surface area contributed by atoms with Crippen molar-refractivity contribution in [1.29, 1.82) is 0 Å². The van der Waals surface area contributed by atoms with Gasteiger partial charge in [0, 0.05) is 24.4 Å². The van der Waals surface area contributed by atoms with E-state index in [2.05, 4.69) is 14.9 Å². The normalized spacial score (nSPS) is 16.7.